The van der Waals surface area contributed by atoms with Crippen molar-refractivity contribution in [1.82, 2.24) is 0 Å². The molecule has 0 radical (unpaired) electrons. The Hall–Kier alpha value is -0.160. The van der Waals surface area contributed by atoms with Crippen molar-refractivity contribution in [2.24, 2.45) is 5.92 Å². The summed E-state index contributed by atoms with van der Waals surface area (Å²) in [5.41, 5.74) is 0. The van der Waals surface area contributed by atoms with Crippen LogP contribution in [0, 0.1) is 5.92 Å². The van der Waals surface area contributed by atoms with E-state index in [4.69, 9.17) is 0 Å². The van der Waals surface area contributed by atoms with E-state index in [0.29, 0.717) is 12.8 Å². The van der Waals surface area contributed by atoms with Crippen LogP contribution in [0.3, 0.4) is 0 Å². The van der Waals surface area contributed by atoms with E-state index in [1.165, 1.54) is 0 Å². The van der Waals surface area contributed by atoms with Gasteiger partial charge in [0, 0.05) is 0 Å². The van der Waals surface area contributed by atoms with Crippen LogP contribution in [0.15, 0.2) is 0 Å². The van der Waals surface area contributed by atoms with E-state index in [1.54, 1.807) is 6.92 Å². The second-order valence-corrected chi connectivity index (χ2v) is 5.01. The van der Waals surface area contributed by atoms with Crippen LogP contribution in [0.1, 0.15) is 26.2 Å². The second-order valence-electron chi connectivity index (χ2n) is 3.42. The summed E-state index contributed by atoms with van der Waals surface area (Å²) in [5.74, 6) is -0.195. The lowest BCUT2D eigenvalue weighted by molar-refractivity contribution is 0.211. The Morgan fingerprint density at radius 1 is 1.42 bits per heavy atom. The summed E-state index contributed by atoms with van der Waals surface area (Å²) in [7, 11) is -4.30. The van der Waals surface area contributed by atoms with Gasteiger partial charge in [0.25, 0.3) is 0 Å². The third kappa shape index (κ3) is 2.17. The molecule has 0 aromatic carbocycles. The molecule has 1 aliphatic rings. The van der Waals surface area contributed by atoms with Crippen LogP contribution in [0.25, 0.3) is 0 Å². The minimum absolute atomic E-state index is 0.118. The number of rotatable bonds is 1. The molecular weight excluding hydrogens is 183 g/mol. The highest BCUT2D eigenvalue weighted by Gasteiger charge is 2.31. The lowest BCUT2D eigenvalue weighted by atomic mass is 9.89. The highest BCUT2D eigenvalue weighted by atomic mass is 32.2. The summed E-state index contributed by atoms with van der Waals surface area (Å²) in [4.78, 5) is 0. The van der Waals surface area contributed by atoms with Crippen molar-refractivity contribution in [1.29, 1.82) is 0 Å². The van der Waals surface area contributed by atoms with E-state index in [9.17, 15) is 17.4 Å². The van der Waals surface area contributed by atoms with Crippen LogP contribution >= 0.6 is 0 Å². The van der Waals surface area contributed by atoms with Crippen molar-refractivity contribution in [2.75, 3.05) is 0 Å². The van der Waals surface area contributed by atoms with Crippen LogP contribution < -0.4 is 0 Å². The van der Waals surface area contributed by atoms with Gasteiger partial charge < -0.3 is 4.55 Å². The van der Waals surface area contributed by atoms with Crippen LogP contribution in [0.2, 0.25) is 0 Å². The van der Waals surface area contributed by atoms with Crippen molar-refractivity contribution in [3.63, 3.8) is 0 Å². The standard InChI is InChI=1S/C7H13FO3S/c1-5-2-3-6(8)4-7(5)12(9,10)11/h5-7H,2-4H2,1H3,(H,9,10,11)/p-1. The molecule has 3 unspecified atom stereocenters. The first kappa shape index (κ1) is 9.92. The summed E-state index contributed by atoms with van der Waals surface area (Å²) in [6.45, 7) is 1.69. The lowest BCUT2D eigenvalue weighted by Gasteiger charge is -2.32. The summed E-state index contributed by atoms with van der Waals surface area (Å²) in [5, 5.41) is -1.01. The molecule has 0 aromatic heterocycles. The molecule has 0 N–H and O–H groups in total. The molecule has 0 aromatic rings. The van der Waals surface area contributed by atoms with Crippen molar-refractivity contribution in [2.45, 2.75) is 37.6 Å². The second kappa shape index (κ2) is 3.30. The summed E-state index contributed by atoms with van der Waals surface area (Å²) < 4.78 is 44.6. The Balaban J connectivity index is 2.74. The molecular formula is C7H12FO3S-. The first-order valence-corrected chi connectivity index (χ1v) is 5.47. The fraction of sp³-hybridized carbons (Fsp3) is 1.00. The molecule has 1 fully saturated rings. The first-order chi connectivity index (χ1) is 5.41. The summed E-state index contributed by atoms with van der Waals surface area (Å²) in [6, 6.07) is 0. The third-order valence-electron chi connectivity index (χ3n) is 2.43. The smallest absolute Gasteiger partial charge is 0.101 e. The molecule has 3 nitrogen and oxygen atoms in total. The Morgan fingerprint density at radius 3 is 2.42 bits per heavy atom. The van der Waals surface area contributed by atoms with E-state index in [0.717, 1.165) is 0 Å². The largest absolute Gasteiger partial charge is 0.748 e. The highest BCUT2D eigenvalue weighted by molar-refractivity contribution is 7.86. The van der Waals surface area contributed by atoms with E-state index in [2.05, 4.69) is 0 Å². The average molecular weight is 195 g/mol. The minimum atomic E-state index is -4.30. The van der Waals surface area contributed by atoms with Crippen LogP contribution in [-0.2, 0) is 10.1 Å². The van der Waals surface area contributed by atoms with Crippen LogP contribution in [0.5, 0.6) is 0 Å². The zero-order chi connectivity index (χ0) is 9.35. The molecule has 1 saturated carbocycles. The number of hydrogen-bond acceptors (Lipinski definition) is 3. The number of hydrogen-bond donors (Lipinski definition) is 0. The van der Waals surface area contributed by atoms with Crippen molar-refractivity contribution in [3.8, 4) is 0 Å². The lowest BCUT2D eigenvalue weighted by Crippen LogP contribution is -2.35. The van der Waals surface area contributed by atoms with Gasteiger partial charge in [0.05, 0.1) is 15.4 Å². The van der Waals surface area contributed by atoms with Gasteiger partial charge in [-0.15, -0.1) is 0 Å². The Kier molecular flexibility index (Phi) is 2.73. The molecule has 0 amide bonds. The molecule has 0 bridgehead atoms. The average Bonchev–Trinajstić information content (AvgIpc) is 1.92. The van der Waals surface area contributed by atoms with Gasteiger partial charge in [-0.2, -0.15) is 0 Å². The normalized spacial score (nSPS) is 38.1. The van der Waals surface area contributed by atoms with Crippen molar-refractivity contribution < 1.29 is 17.4 Å². The van der Waals surface area contributed by atoms with Crippen molar-refractivity contribution >= 4 is 10.1 Å². The van der Waals surface area contributed by atoms with E-state index < -0.39 is 21.5 Å². The molecule has 0 saturated heterocycles. The maximum absolute atomic E-state index is 12.7. The monoisotopic (exact) mass is 195 g/mol. The molecule has 3 atom stereocenters. The fourth-order valence-electron chi connectivity index (χ4n) is 1.63. The Labute approximate surface area is 71.7 Å². The van der Waals surface area contributed by atoms with Gasteiger partial charge in [-0.05, 0) is 25.2 Å². The van der Waals surface area contributed by atoms with Gasteiger partial charge in [-0.1, -0.05) is 6.92 Å². The molecule has 0 spiro atoms. The van der Waals surface area contributed by atoms with Crippen LogP contribution in [0.4, 0.5) is 4.39 Å². The molecule has 72 valence electrons. The predicted octanol–water partition coefficient (Wildman–Crippen LogP) is 1.06. The molecule has 0 aliphatic heterocycles. The maximum Gasteiger partial charge on any atom is 0.101 e. The summed E-state index contributed by atoms with van der Waals surface area (Å²) in [6.07, 6.45) is -0.358. The molecule has 0 heterocycles. The molecule has 12 heavy (non-hydrogen) atoms. The summed E-state index contributed by atoms with van der Waals surface area (Å²) >= 11 is 0. The number of halogens is 1. The third-order valence-corrected chi connectivity index (χ3v) is 3.83. The van der Waals surface area contributed by atoms with Crippen LogP contribution in [-0.4, -0.2) is 24.4 Å². The molecule has 1 rings (SSSR count). The first-order valence-electron chi connectivity index (χ1n) is 4.00. The zero-order valence-corrected chi connectivity index (χ0v) is 7.68. The maximum atomic E-state index is 12.7. The Bertz CT molecular complexity index is 249. The molecule has 5 heteroatoms. The Morgan fingerprint density at radius 2 is 2.00 bits per heavy atom. The quantitative estimate of drug-likeness (QED) is 0.588. The van der Waals surface area contributed by atoms with Gasteiger partial charge >= 0.3 is 0 Å². The topological polar surface area (TPSA) is 57.2 Å². The van der Waals surface area contributed by atoms with Gasteiger partial charge in [-0.3, -0.25) is 0 Å². The minimum Gasteiger partial charge on any atom is -0.748 e. The van der Waals surface area contributed by atoms with Gasteiger partial charge in [-0.25, -0.2) is 12.8 Å². The SMILES string of the molecule is CC1CCC(F)CC1S(=O)(=O)[O-]. The van der Waals surface area contributed by atoms with E-state index >= 15 is 0 Å². The van der Waals surface area contributed by atoms with Gasteiger partial charge in [0.2, 0.25) is 0 Å². The number of alkyl halides is 1. The zero-order valence-electron chi connectivity index (χ0n) is 6.86. The van der Waals surface area contributed by atoms with Gasteiger partial charge in [0.1, 0.15) is 6.17 Å². The molecule has 1 aliphatic carbocycles. The van der Waals surface area contributed by atoms with Gasteiger partial charge in [0.15, 0.2) is 0 Å². The highest BCUT2D eigenvalue weighted by Crippen LogP contribution is 2.30. The fourth-order valence-corrected chi connectivity index (χ4v) is 2.78. The van der Waals surface area contributed by atoms with Crippen molar-refractivity contribution in [3.05, 3.63) is 0 Å². The predicted molar refractivity (Wildman–Crippen MR) is 41.4 cm³/mol. The van der Waals surface area contributed by atoms with E-state index in [1.807, 2.05) is 0 Å². The van der Waals surface area contributed by atoms with E-state index in [-0.39, 0.29) is 12.3 Å².